The minimum Gasteiger partial charge on any atom is -0.376 e. The molecule has 4 N–H and O–H groups in total. The van der Waals surface area contributed by atoms with E-state index in [1.165, 1.54) is 6.07 Å². The van der Waals surface area contributed by atoms with Gasteiger partial charge in [-0.25, -0.2) is 14.3 Å². The molecule has 0 aliphatic heterocycles. The zero-order chi connectivity index (χ0) is 22.2. The number of amides is 1. The molecule has 0 radical (unpaired) electrons. The molecule has 5 aromatic rings. The van der Waals surface area contributed by atoms with Gasteiger partial charge in [-0.3, -0.25) is 4.79 Å². The van der Waals surface area contributed by atoms with Crippen molar-refractivity contribution in [1.29, 1.82) is 0 Å². The maximum atomic E-state index is 15.0. The summed E-state index contributed by atoms with van der Waals surface area (Å²) in [4.78, 5) is 29.8. The Kier molecular flexibility index (Phi) is 4.63. The van der Waals surface area contributed by atoms with E-state index in [4.69, 9.17) is 10.5 Å². The van der Waals surface area contributed by atoms with Gasteiger partial charge in [-0.15, -0.1) is 0 Å². The number of imidazole rings is 1. The lowest BCUT2D eigenvalue weighted by Gasteiger charge is -2.08. The predicted molar refractivity (Wildman–Crippen MR) is 117 cm³/mol. The van der Waals surface area contributed by atoms with Crippen molar-refractivity contribution in [2.45, 2.75) is 6.42 Å². The SMILES string of the molecule is NC(=O)Oc1nc2ccc(-c3ccc(Cc4n[nH]c(=O)c5ccccc45)cc3F)cc2[nH]1. The van der Waals surface area contributed by atoms with Crippen molar-refractivity contribution in [2.75, 3.05) is 0 Å². The molecule has 2 heterocycles. The number of ether oxygens (including phenoxy) is 1. The highest BCUT2D eigenvalue weighted by molar-refractivity contribution is 5.84. The number of rotatable bonds is 4. The van der Waals surface area contributed by atoms with Gasteiger partial charge < -0.3 is 15.5 Å². The highest BCUT2D eigenvalue weighted by Gasteiger charge is 2.12. The highest BCUT2D eigenvalue weighted by atomic mass is 19.1. The van der Waals surface area contributed by atoms with Crippen LogP contribution in [0.5, 0.6) is 6.01 Å². The van der Waals surface area contributed by atoms with E-state index >= 15 is 4.39 Å². The number of hydrogen-bond donors (Lipinski definition) is 3. The molecule has 158 valence electrons. The van der Waals surface area contributed by atoms with Crippen molar-refractivity contribution in [2.24, 2.45) is 5.73 Å². The van der Waals surface area contributed by atoms with Crippen LogP contribution in [0.2, 0.25) is 0 Å². The second-order valence-electron chi connectivity index (χ2n) is 7.23. The van der Waals surface area contributed by atoms with Gasteiger partial charge in [0, 0.05) is 17.4 Å². The summed E-state index contributed by atoms with van der Waals surface area (Å²) in [5.41, 5.74) is 8.28. The number of fused-ring (bicyclic) bond motifs is 2. The molecule has 8 nitrogen and oxygen atoms in total. The molecule has 0 saturated heterocycles. The first-order valence-electron chi connectivity index (χ1n) is 9.70. The molecule has 2 aromatic heterocycles. The van der Waals surface area contributed by atoms with Crippen molar-refractivity contribution in [3.8, 4) is 17.1 Å². The van der Waals surface area contributed by atoms with Gasteiger partial charge >= 0.3 is 12.1 Å². The van der Waals surface area contributed by atoms with Gasteiger partial charge in [0.25, 0.3) is 5.56 Å². The molecular formula is C23H16FN5O3. The van der Waals surface area contributed by atoms with E-state index in [0.29, 0.717) is 39.7 Å². The van der Waals surface area contributed by atoms with E-state index in [-0.39, 0.29) is 11.6 Å². The molecular weight excluding hydrogens is 413 g/mol. The minimum absolute atomic E-state index is 0.0268. The summed E-state index contributed by atoms with van der Waals surface area (Å²) in [6.07, 6.45) is -0.613. The normalized spacial score (nSPS) is 11.2. The third kappa shape index (κ3) is 3.56. The van der Waals surface area contributed by atoms with Crippen LogP contribution in [0, 0.1) is 5.82 Å². The number of aromatic nitrogens is 4. The summed E-state index contributed by atoms with van der Waals surface area (Å²) >= 11 is 0. The van der Waals surface area contributed by atoms with Gasteiger partial charge in [0.05, 0.1) is 22.1 Å². The predicted octanol–water partition coefficient (Wildman–Crippen LogP) is 3.65. The average molecular weight is 429 g/mol. The number of hydrogen-bond acceptors (Lipinski definition) is 5. The molecule has 0 aliphatic carbocycles. The molecule has 9 heteroatoms. The average Bonchev–Trinajstić information content (AvgIpc) is 3.17. The van der Waals surface area contributed by atoms with Crippen LogP contribution >= 0.6 is 0 Å². The zero-order valence-corrected chi connectivity index (χ0v) is 16.6. The molecule has 0 spiro atoms. The second kappa shape index (κ2) is 7.62. The van der Waals surface area contributed by atoms with Gasteiger partial charge in [-0.2, -0.15) is 10.1 Å². The Labute approximate surface area is 179 Å². The number of nitrogens with one attached hydrogen (secondary N) is 2. The third-order valence-corrected chi connectivity index (χ3v) is 5.15. The Hall–Kier alpha value is -4.53. The first-order valence-corrected chi connectivity index (χ1v) is 9.70. The van der Waals surface area contributed by atoms with Crippen LogP contribution in [0.1, 0.15) is 11.3 Å². The maximum Gasteiger partial charge on any atom is 0.412 e. The number of halogens is 1. The smallest absolute Gasteiger partial charge is 0.376 e. The Morgan fingerprint density at radius 3 is 2.66 bits per heavy atom. The fraction of sp³-hybridized carbons (Fsp3) is 0.0435. The summed E-state index contributed by atoms with van der Waals surface area (Å²) in [6.45, 7) is 0. The van der Waals surface area contributed by atoms with E-state index < -0.39 is 11.9 Å². The van der Waals surface area contributed by atoms with Crippen LogP contribution < -0.4 is 16.0 Å². The first kappa shape index (κ1) is 19.4. The number of nitrogens with two attached hydrogens (primary N) is 1. The number of primary amides is 1. The Bertz CT molecular complexity index is 1560. The van der Waals surface area contributed by atoms with Gasteiger partial charge in [0.15, 0.2) is 0 Å². The third-order valence-electron chi connectivity index (χ3n) is 5.15. The van der Waals surface area contributed by atoms with E-state index in [1.54, 1.807) is 36.4 Å². The summed E-state index contributed by atoms with van der Waals surface area (Å²) < 4.78 is 19.8. The lowest BCUT2D eigenvalue weighted by atomic mass is 9.99. The van der Waals surface area contributed by atoms with Gasteiger partial charge in [0.1, 0.15) is 5.82 Å². The van der Waals surface area contributed by atoms with Gasteiger partial charge in [-0.05, 0) is 35.4 Å². The maximum absolute atomic E-state index is 15.0. The molecule has 3 aromatic carbocycles. The Morgan fingerprint density at radius 2 is 1.88 bits per heavy atom. The molecule has 0 atom stereocenters. The summed E-state index contributed by atoms with van der Waals surface area (Å²) in [5.74, 6) is -0.399. The highest BCUT2D eigenvalue weighted by Crippen LogP contribution is 2.28. The minimum atomic E-state index is -0.976. The molecule has 5 rings (SSSR count). The number of carbonyl (C=O) groups is 1. The van der Waals surface area contributed by atoms with E-state index in [9.17, 15) is 9.59 Å². The fourth-order valence-corrected chi connectivity index (χ4v) is 3.70. The topological polar surface area (TPSA) is 127 Å². The number of benzene rings is 3. The molecule has 0 fully saturated rings. The first-order chi connectivity index (χ1) is 15.5. The number of H-pyrrole nitrogens is 2. The lowest BCUT2D eigenvalue weighted by molar-refractivity contribution is 0.207. The summed E-state index contributed by atoms with van der Waals surface area (Å²) in [7, 11) is 0. The summed E-state index contributed by atoms with van der Waals surface area (Å²) in [6, 6.07) is 17.3. The number of carbonyl (C=O) groups excluding carboxylic acids is 1. The molecule has 1 amide bonds. The molecule has 0 bridgehead atoms. The monoisotopic (exact) mass is 429 g/mol. The number of aromatic amines is 2. The van der Waals surface area contributed by atoms with Crippen molar-refractivity contribution < 1.29 is 13.9 Å². The van der Waals surface area contributed by atoms with E-state index in [2.05, 4.69) is 20.2 Å². The quantitative estimate of drug-likeness (QED) is 0.402. The van der Waals surface area contributed by atoms with Crippen LogP contribution in [-0.4, -0.2) is 26.3 Å². The van der Waals surface area contributed by atoms with E-state index in [0.717, 1.165) is 10.9 Å². The molecule has 0 unspecified atom stereocenters. The molecule has 0 saturated carbocycles. The Balaban J connectivity index is 1.47. The van der Waals surface area contributed by atoms with Gasteiger partial charge in [0.2, 0.25) is 0 Å². The van der Waals surface area contributed by atoms with E-state index in [1.807, 2.05) is 18.2 Å². The van der Waals surface area contributed by atoms with Crippen LogP contribution in [0.4, 0.5) is 9.18 Å². The Morgan fingerprint density at radius 1 is 1.06 bits per heavy atom. The lowest BCUT2D eigenvalue weighted by Crippen LogP contribution is -2.16. The standard InChI is InChI=1S/C23H16FN5O3/c24-17-9-12(10-19-15-3-1-2-4-16(15)21(30)29-28-19)5-7-14(17)13-6-8-18-20(11-13)27-23(26-18)32-22(25)31/h1-9,11H,10H2,(H2,25,31)(H,26,27)(H,29,30). The van der Waals surface area contributed by atoms with Crippen molar-refractivity contribution in [3.63, 3.8) is 0 Å². The van der Waals surface area contributed by atoms with Crippen molar-refractivity contribution >= 4 is 27.9 Å². The van der Waals surface area contributed by atoms with Crippen molar-refractivity contribution in [1.82, 2.24) is 20.2 Å². The van der Waals surface area contributed by atoms with Gasteiger partial charge in [-0.1, -0.05) is 36.4 Å². The van der Waals surface area contributed by atoms with Crippen LogP contribution in [0.15, 0.2) is 65.5 Å². The van der Waals surface area contributed by atoms with Crippen LogP contribution in [0.25, 0.3) is 32.9 Å². The second-order valence-corrected chi connectivity index (χ2v) is 7.23. The molecule has 32 heavy (non-hydrogen) atoms. The molecule has 0 aliphatic rings. The van der Waals surface area contributed by atoms with Crippen molar-refractivity contribution in [3.05, 3.63) is 88.1 Å². The largest absolute Gasteiger partial charge is 0.412 e. The summed E-state index contributed by atoms with van der Waals surface area (Å²) in [5, 5.41) is 7.93. The van der Waals surface area contributed by atoms with Crippen LogP contribution in [-0.2, 0) is 6.42 Å². The zero-order valence-electron chi connectivity index (χ0n) is 16.6. The van der Waals surface area contributed by atoms with Crippen LogP contribution in [0.3, 0.4) is 0 Å². The number of nitrogens with zero attached hydrogens (tertiary/aromatic N) is 2. The fourth-order valence-electron chi connectivity index (χ4n) is 3.70.